The molecule has 0 bridgehead atoms. The molecule has 6 rings (SSSR count). The van der Waals surface area contributed by atoms with Crippen molar-refractivity contribution in [1.82, 2.24) is 4.90 Å². The smallest absolute Gasteiger partial charge is 0.338 e. The number of benzene rings is 5. The monoisotopic (exact) mass is 538 g/mol. The largest absolute Gasteiger partial charge is 0.460 e. The Balaban J connectivity index is 1.40. The first kappa shape index (κ1) is 26.1. The van der Waals surface area contributed by atoms with Gasteiger partial charge in [0.15, 0.2) is 0 Å². The van der Waals surface area contributed by atoms with Crippen molar-refractivity contribution < 1.29 is 14.3 Å². The zero-order chi connectivity index (χ0) is 28.0. The molecule has 202 valence electrons. The molecule has 0 saturated heterocycles. The van der Waals surface area contributed by atoms with Gasteiger partial charge in [-0.1, -0.05) is 115 Å². The van der Waals surface area contributed by atoms with Gasteiger partial charge < -0.3 is 15.0 Å². The topological polar surface area (TPSA) is 58.6 Å². The summed E-state index contributed by atoms with van der Waals surface area (Å²) in [7, 11) is 0. The lowest BCUT2D eigenvalue weighted by atomic mass is 9.92. The number of hydrogen-bond donors (Lipinski definition) is 1. The first-order valence-corrected chi connectivity index (χ1v) is 13.8. The van der Waals surface area contributed by atoms with Gasteiger partial charge in [-0.15, -0.1) is 0 Å². The van der Waals surface area contributed by atoms with Crippen LogP contribution in [0.4, 0.5) is 5.69 Å². The highest BCUT2D eigenvalue weighted by molar-refractivity contribution is 5.92. The zero-order valence-electron chi connectivity index (χ0n) is 22.5. The van der Waals surface area contributed by atoms with Crippen LogP contribution < -0.4 is 5.32 Å². The average molecular weight is 539 g/mol. The van der Waals surface area contributed by atoms with Crippen LogP contribution in [0.2, 0.25) is 0 Å². The number of ether oxygens (including phenoxy) is 1. The third-order valence-electron chi connectivity index (χ3n) is 7.51. The molecule has 0 aromatic heterocycles. The fraction of sp³-hybridized carbons (Fsp3) is 0.111. The lowest BCUT2D eigenvalue weighted by molar-refractivity contribution is -0.130. The van der Waals surface area contributed by atoms with Crippen molar-refractivity contribution in [3.8, 4) is 0 Å². The number of amides is 1. The van der Waals surface area contributed by atoms with Crippen molar-refractivity contribution >= 4 is 28.3 Å². The number of esters is 1. The number of carbonyl (C=O) groups excluding carboxylic acids is 2. The molecular formula is C36H30N2O3. The summed E-state index contributed by atoms with van der Waals surface area (Å²) in [5.74, 6) is -0.546. The maximum atomic E-state index is 13.6. The molecule has 1 aliphatic rings. The molecule has 0 aliphatic carbocycles. The predicted molar refractivity (Wildman–Crippen MR) is 162 cm³/mol. The molecule has 1 heterocycles. The molecule has 3 atom stereocenters. The third kappa shape index (κ3) is 5.61. The van der Waals surface area contributed by atoms with Crippen LogP contribution in [0, 0.1) is 0 Å². The maximum Gasteiger partial charge on any atom is 0.338 e. The molecule has 0 spiro atoms. The minimum atomic E-state index is -0.494. The Kier molecular flexibility index (Phi) is 7.59. The summed E-state index contributed by atoms with van der Waals surface area (Å²) in [5, 5.41) is 5.96. The number of rotatable bonds is 9. The van der Waals surface area contributed by atoms with Crippen LogP contribution in [0.15, 0.2) is 146 Å². The molecule has 1 aliphatic heterocycles. The number of hydrogen-bond acceptors (Lipinski definition) is 4. The summed E-state index contributed by atoms with van der Waals surface area (Å²) < 4.78 is 5.85. The van der Waals surface area contributed by atoms with Gasteiger partial charge in [0.2, 0.25) is 5.91 Å². The second-order valence-electron chi connectivity index (χ2n) is 10.0. The van der Waals surface area contributed by atoms with Gasteiger partial charge in [-0.05, 0) is 46.2 Å². The van der Waals surface area contributed by atoms with Crippen molar-refractivity contribution in [2.24, 2.45) is 0 Å². The molecule has 0 radical (unpaired) electrons. The molecule has 5 aromatic carbocycles. The van der Waals surface area contributed by atoms with Crippen molar-refractivity contribution in [1.29, 1.82) is 0 Å². The third-order valence-corrected chi connectivity index (χ3v) is 7.51. The quantitative estimate of drug-likeness (QED) is 0.199. The van der Waals surface area contributed by atoms with Gasteiger partial charge in [0, 0.05) is 11.8 Å². The summed E-state index contributed by atoms with van der Waals surface area (Å²) in [6.07, 6.45) is 3.59. The summed E-state index contributed by atoms with van der Waals surface area (Å²) in [4.78, 5) is 28.4. The van der Waals surface area contributed by atoms with Gasteiger partial charge >= 0.3 is 5.97 Å². The van der Waals surface area contributed by atoms with Gasteiger partial charge in [-0.2, -0.15) is 0 Å². The number of carbonyl (C=O) groups is 2. The molecule has 5 nitrogen and oxygen atoms in total. The van der Waals surface area contributed by atoms with Crippen LogP contribution in [-0.4, -0.2) is 29.4 Å². The summed E-state index contributed by atoms with van der Waals surface area (Å²) >= 11 is 0. The Hall–Kier alpha value is -5.16. The zero-order valence-corrected chi connectivity index (χ0v) is 22.5. The van der Waals surface area contributed by atoms with Crippen LogP contribution in [0.3, 0.4) is 0 Å². The first-order valence-electron chi connectivity index (χ1n) is 13.8. The van der Waals surface area contributed by atoms with Gasteiger partial charge in [0.05, 0.1) is 23.7 Å². The molecule has 0 saturated carbocycles. The lowest BCUT2D eigenvalue weighted by Crippen LogP contribution is -2.44. The van der Waals surface area contributed by atoms with E-state index in [0.717, 1.165) is 27.6 Å². The highest BCUT2D eigenvalue weighted by Gasteiger charge is 2.39. The van der Waals surface area contributed by atoms with E-state index < -0.39 is 12.0 Å². The van der Waals surface area contributed by atoms with Crippen LogP contribution in [-0.2, 0) is 9.53 Å². The van der Waals surface area contributed by atoms with E-state index in [1.54, 1.807) is 30.3 Å². The minimum absolute atomic E-state index is 0.0231. The van der Waals surface area contributed by atoms with Gasteiger partial charge in [-0.3, -0.25) is 4.79 Å². The Morgan fingerprint density at radius 3 is 2.15 bits per heavy atom. The van der Waals surface area contributed by atoms with Gasteiger partial charge in [0.1, 0.15) is 6.61 Å². The van der Waals surface area contributed by atoms with Crippen LogP contribution >= 0.6 is 0 Å². The number of anilines is 1. The SMILES string of the molecule is O=C(OC[C@@H](c1ccccc1)N1C(=O)C=C[C@@H]1[C@@H](Nc1ccccc1)c1cccc2ccccc12)c1ccccc1. The van der Waals surface area contributed by atoms with Crippen LogP contribution in [0.25, 0.3) is 10.8 Å². The predicted octanol–water partition coefficient (Wildman–Crippen LogP) is 7.36. The fourth-order valence-corrected chi connectivity index (χ4v) is 5.55. The molecule has 5 heteroatoms. The van der Waals surface area contributed by atoms with E-state index in [-0.39, 0.29) is 24.6 Å². The van der Waals surface area contributed by atoms with E-state index in [1.165, 1.54) is 0 Å². The van der Waals surface area contributed by atoms with E-state index >= 15 is 0 Å². The second-order valence-corrected chi connectivity index (χ2v) is 10.0. The Labute approximate surface area is 239 Å². The van der Waals surface area contributed by atoms with Crippen LogP contribution in [0.5, 0.6) is 0 Å². The van der Waals surface area contributed by atoms with Crippen molar-refractivity contribution in [2.75, 3.05) is 11.9 Å². The van der Waals surface area contributed by atoms with E-state index in [1.807, 2.05) is 89.8 Å². The number of fused-ring (bicyclic) bond motifs is 1. The normalized spacial score (nSPS) is 16.0. The average Bonchev–Trinajstić information content (AvgIpc) is 3.41. The molecule has 0 fully saturated rings. The fourth-order valence-electron chi connectivity index (χ4n) is 5.55. The standard InChI is InChI=1S/C36H30N2O3/c39-34-24-23-32(35(37-29-19-8-3-9-20-29)31-22-12-18-26-13-10-11-21-30(26)31)38(34)33(27-14-4-1-5-15-27)25-41-36(40)28-16-6-2-7-17-28/h1-24,32-33,35,37H,25H2/t32-,33+,35+/m1/s1. The van der Waals surface area contributed by atoms with Crippen molar-refractivity contribution in [3.05, 3.63) is 162 Å². The van der Waals surface area contributed by atoms with E-state index in [4.69, 9.17) is 4.74 Å². The van der Waals surface area contributed by atoms with Gasteiger partial charge in [-0.25, -0.2) is 4.79 Å². The Morgan fingerprint density at radius 1 is 0.756 bits per heavy atom. The van der Waals surface area contributed by atoms with Crippen molar-refractivity contribution in [2.45, 2.75) is 18.1 Å². The minimum Gasteiger partial charge on any atom is -0.460 e. The summed E-state index contributed by atoms with van der Waals surface area (Å²) in [6.45, 7) is 0.0231. The highest BCUT2D eigenvalue weighted by Crippen LogP contribution is 2.38. The molecule has 0 unspecified atom stereocenters. The van der Waals surface area contributed by atoms with Gasteiger partial charge in [0.25, 0.3) is 0 Å². The lowest BCUT2D eigenvalue weighted by Gasteiger charge is -2.38. The van der Waals surface area contributed by atoms with E-state index in [2.05, 4.69) is 35.6 Å². The number of nitrogens with zero attached hydrogens (tertiary/aromatic N) is 1. The van der Waals surface area contributed by atoms with E-state index in [9.17, 15) is 9.59 Å². The van der Waals surface area contributed by atoms with Crippen molar-refractivity contribution in [3.63, 3.8) is 0 Å². The summed E-state index contributed by atoms with van der Waals surface area (Å²) in [6, 6.07) is 42.1. The maximum absolute atomic E-state index is 13.6. The molecule has 1 amide bonds. The molecule has 41 heavy (non-hydrogen) atoms. The first-order chi connectivity index (χ1) is 20.2. The van der Waals surface area contributed by atoms with E-state index in [0.29, 0.717) is 5.56 Å². The second kappa shape index (κ2) is 11.9. The number of nitrogens with one attached hydrogen (secondary N) is 1. The molecule has 5 aromatic rings. The Bertz CT molecular complexity index is 1660. The molecular weight excluding hydrogens is 508 g/mol. The highest BCUT2D eigenvalue weighted by atomic mass is 16.5. The van der Waals surface area contributed by atoms with Crippen LogP contribution in [0.1, 0.15) is 33.6 Å². The Morgan fingerprint density at radius 2 is 1.39 bits per heavy atom. The molecule has 1 N–H and O–H groups in total. The number of para-hydroxylation sites is 1. The summed E-state index contributed by atoms with van der Waals surface area (Å²) in [5.41, 5.74) is 3.40.